The normalized spacial score (nSPS) is 27.0. The number of aliphatic hydroxyl groups excluding tert-OH is 3. The summed E-state index contributed by atoms with van der Waals surface area (Å²) in [4.78, 5) is 39.3. The Morgan fingerprint density at radius 2 is 1.71 bits per heavy atom. The first-order valence-corrected chi connectivity index (χ1v) is 16.1. The van der Waals surface area contributed by atoms with Crippen molar-refractivity contribution in [2.45, 2.75) is 50.6 Å². The van der Waals surface area contributed by atoms with E-state index in [2.05, 4.69) is 5.32 Å². The van der Waals surface area contributed by atoms with Crippen LogP contribution in [0.2, 0.25) is 0 Å². The van der Waals surface area contributed by atoms with Gasteiger partial charge >= 0.3 is 7.60 Å². The number of aromatic hydroxyl groups is 1. The summed E-state index contributed by atoms with van der Waals surface area (Å²) in [5, 5.41) is 59.2. The van der Waals surface area contributed by atoms with Crippen molar-refractivity contribution in [3.63, 3.8) is 0 Å². The number of fused-ring (bicyclic) bond motifs is 3. The summed E-state index contributed by atoms with van der Waals surface area (Å²) in [5.41, 5.74) is 1.30. The molecule has 0 aliphatic heterocycles. The molecule has 5 rings (SSSR count). The summed E-state index contributed by atoms with van der Waals surface area (Å²) in [6.07, 6.45) is -2.21. The Hall–Kier alpha value is -4.00. The van der Waals surface area contributed by atoms with Gasteiger partial charge in [0.2, 0.25) is 5.78 Å². The van der Waals surface area contributed by atoms with Gasteiger partial charge < -0.3 is 45.6 Å². The highest BCUT2D eigenvalue weighted by molar-refractivity contribution is 7.54. The number of nitrogens with two attached hydrogens (primary N) is 1. The van der Waals surface area contributed by atoms with E-state index >= 15 is 0 Å². The van der Waals surface area contributed by atoms with Crippen LogP contribution in [0.3, 0.4) is 0 Å². The lowest BCUT2D eigenvalue weighted by atomic mass is 9.56. The Kier molecular flexibility index (Phi) is 8.45. The first-order chi connectivity index (χ1) is 21.2. The maximum absolute atomic E-state index is 14.1. The number of amides is 1. The lowest BCUT2D eigenvalue weighted by molar-refractivity contribution is -0.154. The van der Waals surface area contributed by atoms with E-state index in [0.29, 0.717) is 11.1 Å². The maximum atomic E-state index is 14.1. The molecule has 45 heavy (non-hydrogen) atoms. The predicted molar refractivity (Wildman–Crippen MR) is 161 cm³/mol. The Bertz CT molecular complexity index is 1680. The van der Waals surface area contributed by atoms with E-state index < -0.39 is 95.1 Å². The van der Waals surface area contributed by atoms with Crippen molar-refractivity contribution in [2.24, 2.45) is 17.6 Å². The molecule has 13 nitrogen and oxygen atoms in total. The minimum atomic E-state index is -3.91. The zero-order valence-corrected chi connectivity index (χ0v) is 25.7. The molecule has 0 fully saturated rings. The summed E-state index contributed by atoms with van der Waals surface area (Å²) in [6, 6.07) is 11.6. The van der Waals surface area contributed by atoms with Gasteiger partial charge in [0.25, 0.3) is 5.91 Å². The molecule has 0 radical (unpaired) electrons. The fourth-order valence-electron chi connectivity index (χ4n) is 6.79. The maximum Gasteiger partial charge on any atom is 0.357 e. The van der Waals surface area contributed by atoms with Crippen LogP contribution in [0.1, 0.15) is 60.4 Å². The number of carbonyl (C=O) groups is 3. The number of rotatable bonds is 9. The third kappa shape index (κ3) is 4.86. The van der Waals surface area contributed by atoms with Gasteiger partial charge in [-0.2, -0.15) is 0 Å². The molecule has 0 aromatic heterocycles. The molecule has 0 saturated carbocycles. The lowest BCUT2D eigenvalue weighted by Crippen LogP contribution is -2.62. The van der Waals surface area contributed by atoms with Crippen molar-refractivity contribution >= 4 is 30.8 Å². The fraction of sp³-hybridized carbons (Fsp3) is 0.387. The highest BCUT2D eigenvalue weighted by Crippen LogP contribution is 2.62. The summed E-state index contributed by atoms with van der Waals surface area (Å²) >= 11 is 0. The van der Waals surface area contributed by atoms with E-state index in [1.54, 1.807) is 51.1 Å². The standard InChI is InChI=1S/C31H35N2O11P/c1-4-43-45(42,44-5-2)30(15-9-7-6-8-10-15)33-18-12-11-16-14(3)20-23(26(37)21(16)25(18)36)28(39)31(41)17(24(20)35)13-19(34)22(27(31)38)29(32)40/h6-12,14,17,20,24,30,33-36,39,41H,4-5,13H2,1-3H3,(H2,32,40)/t14-,17+,20+,24+,30?,31+/m0/s1. The number of carbonyl (C=O) groups excluding carboxylic acids is 3. The van der Waals surface area contributed by atoms with Crippen molar-refractivity contribution in [3.05, 3.63) is 81.8 Å². The zero-order valence-electron chi connectivity index (χ0n) is 24.8. The number of Topliss-reactive ketones (excluding diaryl/α,β-unsaturated/α-hetero) is 2. The number of hydrogen-bond donors (Lipinski definition) is 7. The number of benzene rings is 2. The van der Waals surface area contributed by atoms with Crippen molar-refractivity contribution < 1.29 is 53.5 Å². The minimum Gasteiger partial charge on any atom is -0.511 e. The van der Waals surface area contributed by atoms with Gasteiger partial charge in [-0.05, 0) is 37.0 Å². The molecule has 240 valence electrons. The van der Waals surface area contributed by atoms with Gasteiger partial charge in [-0.25, -0.2) is 0 Å². The van der Waals surface area contributed by atoms with E-state index in [1.807, 2.05) is 0 Å². The zero-order chi connectivity index (χ0) is 33.0. The highest BCUT2D eigenvalue weighted by Gasteiger charge is 2.64. The second-order valence-electron chi connectivity index (χ2n) is 11.2. The third-order valence-corrected chi connectivity index (χ3v) is 11.1. The Balaban J connectivity index is 1.65. The molecule has 0 heterocycles. The molecule has 14 heteroatoms. The average molecular weight is 643 g/mol. The van der Waals surface area contributed by atoms with Crippen LogP contribution in [0.4, 0.5) is 5.69 Å². The number of ketones is 2. The van der Waals surface area contributed by atoms with E-state index in [9.17, 15) is 44.5 Å². The summed E-state index contributed by atoms with van der Waals surface area (Å²) in [5.74, 6) is -10.8. The summed E-state index contributed by atoms with van der Waals surface area (Å²) in [6.45, 7) is 5.04. The van der Waals surface area contributed by atoms with Gasteiger partial charge in [0.15, 0.2) is 17.2 Å². The van der Waals surface area contributed by atoms with Crippen LogP contribution in [0.5, 0.6) is 5.75 Å². The monoisotopic (exact) mass is 642 g/mol. The van der Waals surface area contributed by atoms with E-state index in [4.69, 9.17) is 14.8 Å². The molecule has 1 amide bonds. The van der Waals surface area contributed by atoms with Crippen molar-refractivity contribution in [3.8, 4) is 5.75 Å². The Labute approximate surface area is 258 Å². The number of allylic oxidation sites excluding steroid dienone is 1. The van der Waals surface area contributed by atoms with Gasteiger partial charge in [-0.3, -0.25) is 18.9 Å². The molecular formula is C31H35N2O11P. The van der Waals surface area contributed by atoms with Gasteiger partial charge in [0.1, 0.15) is 22.8 Å². The van der Waals surface area contributed by atoms with Crippen LogP contribution in [0, 0.1) is 11.8 Å². The molecule has 2 aromatic carbocycles. The van der Waals surface area contributed by atoms with Crippen LogP contribution in [-0.4, -0.2) is 67.9 Å². The number of primary amides is 1. The second kappa shape index (κ2) is 11.7. The van der Waals surface area contributed by atoms with Crippen LogP contribution in [-0.2, 0) is 23.2 Å². The molecule has 6 atom stereocenters. The predicted octanol–water partition coefficient (Wildman–Crippen LogP) is 3.49. The lowest BCUT2D eigenvalue weighted by Gasteiger charge is -2.50. The smallest absolute Gasteiger partial charge is 0.357 e. The van der Waals surface area contributed by atoms with Gasteiger partial charge in [-0.15, -0.1) is 0 Å². The summed E-state index contributed by atoms with van der Waals surface area (Å²) < 4.78 is 25.1. The molecule has 2 aromatic rings. The van der Waals surface area contributed by atoms with Crippen molar-refractivity contribution in [2.75, 3.05) is 18.5 Å². The van der Waals surface area contributed by atoms with Gasteiger partial charge in [-0.1, -0.05) is 43.3 Å². The number of hydrogen-bond acceptors (Lipinski definition) is 12. The number of anilines is 1. The van der Waals surface area contributed by atoms with Crippen molar-refractivity contribution in [1.82, 2.24) is 0 Å². The summed E-state index contributed by atoms with van der Waals surface area (Å²) in [7, 11) is -3.91. The van der Waals surface area contributed by atoms with Crippen LogP contribution in [0.25, 0.3) is 0 Å². The number of aliphatic hydroxyl groups is 4. The topological polar surface area (TPSA) is 226 Å². The number of phenols is 1. The molecule has 0 spiro atoms. The number of phenolic OH excluding ortho intramolecular Hbond substituents is 1. The number of nitrogens with one attached hydrogen (secondary N) is 1. The first kappa shape index (κ1) is 32.4. The van der Waals surface area contributed by atoms with Crippen LogP contribution < -0.4 is 11.1 Å². The Morgan fingerprint density at radius 3 is 2.29 bits per heavy atom. The largest absolute Gasteiger partial charge is 0.511 e. The average Bonchev–Trinajstić information content (AvgIpc) is 2.99. The van der Waals surface area contributed by atoms with Crippen molar-refractivity contribution in [1.29, 1.82) is 0 Å². The molecule has 1 unspecified atom stereocenters. The molecular weight excluding hydrogens is 607 g/mol. The molecule has 3 aliphatic carbocycles. The van der Waals surface area contributed by atoms with Gasteiger partial charge in [0, 0.05) is 23.8 Å². The van der Waals surface area contributed by atoms with Crippen LogP contribution >= 0.6 is 7.60 Å². The SMILES string of the molecule is CCOP(=O)(OCC)C(Nc1ccc2c(c1O)C(=O)C1=C(O)[C@]3(O)C(=O)C(C(N)=O)=C(O)C[C@@H]3[C@@H](O)[C@@H]1[C@H]2C)c1ccccc1. The van der Waals surface area contributed by atoms with E-state index in [0.717, 1.165) is 0 Å². The third-order valence-electron chi connectivity index (χ3n) is 8.84. The fourth-order valence-corrected chi connectivity index (χ4v) is 8.71. The highest BCUT2D eigenvalue weighted by atomic mass is 31.2. The minimum absolute atomic E-state index is 0.0353. The van der Waals surface area contributed by atoms with E-state index in [-0.39, 0.29) is 24.5 Å². The Morgan fingerprint density at radius 1 is 1.09 bits per heavy atom. The van der Waals surface area contributed by atoms with Gasteiger partial charge in [0.05, 0.1) is 30.6 Å². The second-order valence-corrected chi connectivity index (χ2v) is 13.4. The van der Waals surface area contributed by atoms with Crippen LogP contribution in [0.15, 0.2) is 65.1 Å². The van der Waals surface area contributed by atoms with E-state index in [1.165, 1.54) is 12.1 Å². The quantitative estimate of drug-likeness (QED) is 0.119. The molecule has 8 N–H and O–H groups in total. The molecule has 0 saturated heterocycles. The molecule has 0 bridgehead atoms. The first-order valence-electron chi connectivity index (χ1n) is 14.5. The molecule has 3 aliphatic rings.